The quantitative estimate of drug-likeness (QED) is 0.586. The van der Waals surface area contributed by atoms with Crippen molar-refractivity contribution in [1.82, 2.24) is 9.97 Å². The molecule has 0 saturated carbocycles. The number of carbonyl (C=O) groups is 3. The summed E-state index contributed by atoms with van der Waals surface area (Å²) in [6.45, 7) is 6.73. The molecule has 1 atom stereocenters. The lowest BCUT2D eigenvalue weighted by Gasteiger charge is -2.12. The van der Waals surface area contributed by atoms with Crippen LogP contribution in [0.3, 0.4) is 0 Å². The van der Waals surface area contributed by atoms with Crippen LogP contribution in [0, 0.1) is 13.8 Å². The summed E-state index contributed by atoms with van der Waals surface area (Å²) in [5, 5.41) is 0. The molecule has 8 nitrogen and oxygen atoms in total. The fourth-order valence-electron chi connectivity index (χ4n) is 2.61. The predicted molar refractivity (Wildman–Crippen MR) is 96.2 cm³/mol. The van der Waals surface area contributed by atoms with Gasteiger partial charge in [-0.25, -0.2) is 14.6 Å². The molecule has 0 aliphatic rings. The van der Waals surface area contributed by atoms with E-state index in [1.165, 1.54) is 32.4 Å². The molecule has 0 amide bonds. The monoisotopic (exact) mass is 374 g/mol. The van der Waals surface area contributed by atoms with Gasteiger partial charge in [0, 0.05) is 18.0 Å². The Morgan fingerprint density at radius 2 is 1.89 bits per heavy atom. The smallest absolute Gasteiger partial charge is 0.340 e. The lowest BCUT2D eigenvalue weighted by atomic mass is 10.1. The minimum Gasteiger partial charge on any atom is -0.481 e. The van der Waals surface area contributed by atoms with Crippen LogP contribution in [0.1, 0.15) is 56.3 Å². The van der Waals surface area contributed by atoms with Gasteiger partial charge in [0.05, 0.1) is 30.5 Å². The summed E-state index contributed by atoms with van der Waals surface area (Å²) in [6, 6.07) is 3.02. The predicted octanol–water partition coefficient (Wildman–Crippen LogP) is 2.64. The Hall–Kier alpha value is -3.16. The van der Waals surface area contributed by atoms with E-state index in [4.69, 9.17) is 14.2 Å². The first kappa shape index (κ1) is 20.2. The van der Waals surface area contributed by atoms with Crippen molar-refractivity contribution >= 4 is 17.7 Å². The lowest BCUT2D eigenvalue weighted by Crippen LogP contribution is -2.25. The van der Waals surface area contributed by atoms with E-state index in [1.54, 1.807) is 20.8 Å². The first-order chi connectivity index (χ1) is 12.8. The highest BCUT2D eigenvalue weighted by molar-refractivity contribution is 6.04. The van der Waals surface area contributed by atoms with Crippen molar-refractivity contribution in [2.75, 3.05) is 13.7 Å². The van der Waals surface area contributed by atoms with E-state index in [1.807, 2.05) is 0 Å². The van der Waals surface area contributed by atoms with Gasteiger partial charge in [-0.1, -0.05) is 0 Å². The SMILES string of the molecule is CCOC(=O)c1c(C)[nH]c(C(=O)C(C)OC(=O)c2ccc(OC)nc2)c1C. The molecule has 27 heavy (non-hydrogen) atoms. The van der Waals surface area contributed by atoms with Gasteiger partial charge in [-0.05, 0) is 39.3 Å². The number of esters is 2. The van der Waals surface area contributed by atoms with Gasteiger partial charge in [0.25, 0.3) is 0 Å². The Balaban J connectivity index is 2.16. The number of pyridine rings is 1. The van der Waals surface area contributed by atoms with Gasteiger partial charge < -0.3 is 19.2 Å². The number of carbonyl (C=O) groups excluding carboxylic acids is 3. The van der Waals surface area contributed by atoms with Gasteiger partial charge in [-0.3, -0.25) is 4.79 Å². The van der Waals surface area contributed by atoms with E-state index in [-0.39, 0.29) is 17.9 Å². The first-order valence-electron chi connectivity index (χ1n) is 8.41. The number of hydrogen-bond donors (Lipinski definition) is 1. The molecule has 0 aliphatic carbocycles. The van der Waals surface area contributed by atoms with Crippen LogP contribution in [0.15, 0.2) is 18.3 Å². The van der Waals surface area contributed by atoms with Crippen molar-refractivity contribution in [2.24, 2.45) is 0 Å². The number of hydrogen-bond acceptors (Lipinski definition) is 7. The van der Waals surface area contributed by atoms with Crippen molar-refractivity contribution < 1.29 is 28.6 Å². The van der Waals surface area contributed by atoms with Crippen LogP contribution in [0.2, 0.25) is 0 Å². The minimum atomic E-state index is -1.05. The highest BCUT2D eigenvalue weighted by Crippen LogP contribution is 2.21. The third-order valence-corrected chi connectivity index (χ3v) is 4.00. The zero-order valence-electron chi connectivity index (χ0n) is 15.9. The average Bonchev–Trinajstić information content (AvgIpc) is 2.95. The summed E-state index contributed by atoms with van der Waals surface area (Å²) in [5.74, 6) is -1.27. The third kappa shape index (κ3) is 4.33. The van der Waals surface area contributed by atoms with Crippen LogP contribution < -0.4 is 4.74 Å². The van der Waals surface area contributed by atoms with E-state index in [0.29, 0.717) is 22.7 Å². The maximum Gasteiger partial charge on any atom is 0.340 e. The standard InChI is InChI=1S/C19H22N2O6/c1-6-26-19(24)15-10(2)16(21-11(15)3)17(22)12(4)27-18(23)13-7-8-14(25-5)20-9-13/h7-9,12,21H,6H2,1-5H3. The molecule has 0 fully saturated rings. The molecule has 0 aromatic carbocycles. The van der Waals surface area contributed by atoms with Gasteiger partial charge >= 0.3 is 11.9 Å². The summed E-state index contributed by atoms with van der Waals surface area (Å²) >= 11 is 0. The lowest BCUT2D eigenvalue weighted by molar-refractivity contribution is 0.0316. The summed E-state index contributed by atoms with van der Waals surface area (Å²) in [6.07, 6.45) is 0.257. The van der Waals surface area contributed by atoms with Crippen LogP contribution in [0.4, 0.5) is 0 Å². The third-order valence-electron chi connectivity index (χ3n) is 4.00. The molecular formula is C19H22N2O6. The number of ether oxygens (including phenoxy) is 3. The number of methoxy groups -OCH3 is 1. The molecule has 0 radical (unpaired) electrons. The number of aromatic amines is 1. The largest absolute Gasteiger partial charge is 0.481 e. The van der Waals surface area contributed by atoms with Gasteiger partial charge in [0.15, 0.2) is 6.10 Å². The van der Waals surface area contributed by atoms with E-state index in [0.717, 1.165) is 0 Å². The van der Waals surface area contributed by atoms with Crippen molar-refractivity contribution in [3.63, 3.8) is 0 Å². The van der Waals surface area contributed by atoms with Crippen LogP contribution in [0.5, 0.6) is 5.88 Å². The number of H-pyrrole nitrogens is 1. The second kappa shape index (κ2) is 8.48. The summed E-state index contributed by atoms with van der Waals surface area (Å²) < 4.78 is 15.2. The van der Waals surface area contributed by atoms with Crippen LogP contribution in [0.25, 0.3) is 0 Å². The molecule has 8 heteroatoms. The van der Waals surface area contributed by atoms with Gasteiger partial charge in [0.2, 0.25) is 11.7 Å². The fraction of sp³-hybridized carbons (Fsp3) is 0.368. The van der Waals surface area contributed by atoms with Gasteiger partial charge in [0.1, 0.15) is 0 Å². The van der Waals surface area contributed by atoms with E-state index in [2.05, 4.69) is 9.97 Å². The van der Waals surface area contributed by atoms with Crippen LogP contribution in [-0.4, -0.2) is 47.5 Å². The van der Waals surface area contributed by atoms with Crippen LogP contribution in [-0.2, 0) is 9.47 Å². The Morgan fingerprint density at radius 3 is 2.44 bits per heavy atom. The number of rotatable bonds is 7. The zero-order valence-corrected chi connectivity index (χ0v) is 15.9. The normalized spacial score (nSPS) is 11.6. The van der Waals surface area contributed by atoms with E-state index >= 15 is 0 Å². The van der Waals surface area contributed by atoms with Crippen LogP contribution >= 0.6 is 0 Å². The summed E-state index contributed by atoms with van der Waals surface area (Å²) in [4.78, 5) is 43.8. The molecular weight excluding hydrogens is 352 g/mol. The number of Topliss-reactive ketones (excluding diaryl/α,β-unsaturated/α-hetero) is 1. The Morgan fingerprint density at radius 1 is 1.19 bits per heavy atom. The van der Waals surface area contributed by atoms with E-state index in [9.17, 15) is 14.4 Å². The first-order valence-corrected chi connectivity index (χ1v) is 8.41. The Bertz CT molecular complexity index is 854. The highest BCUT2D eigenvalue weighted by Gasteiger charge is 2.27. The summed E-state index contributed by atoms with van der Waals surface area (Å²) in [7, 11) is 1.46. The van der Waals surface area contributed by atoms with Crippen molar-refractivity contribution in [3.05, 3.63) is 46.4 Å². The topological polar surface area (TPSA) is 108 Å². The number of ketones is 1. The average molecular weight is 374 g/mol. The maximum atomic E-state index is 12.7. The number of aromatic nitrogens is 2. The molecule has 1 unspecified atom stereocenters. The molecule has 0 aliphatic heterocycles. The van der Waals surface area contributed by atoms with Gasteiger partial charge in [-0.2, -0.15) is 0 Å². The molecule has 0 bridgehead atoms. The maximum absolute atomic E-state index is 12.7. The molecule has 0 spiro atoms. The minimum absolute atomic E-state index is 0.196. The highest BCUT2D eigenvalue weighted by atomic mass is 16.5. The molecule has 1 N–H and O–H groups in total. The van der Waals surface area contributed by atoms with Crippen molar-refractivity contribution in [2.45, 2.75) is 33.8 Å². The van der Waals surface area contributed by atoms with Crippen molar-refractivity contribution in [3.8, 4) is 5.88 Å². The Labute approximate surface area is 156 Å². The van der Waals surface area contributed by atoms with E-state index < -0.39 is 23.8 Å². The molecule has 0 saturated heterocycles. The number of aryl methyl sites for hydroxylation is 1. The Kier molecular flexibility index (Phi) is 6.33. The second-order valence-electron chi connectivity index (χ2n) is 5.85. The number of nitrogens with zero attached hydrogens (tertiary/aromatic N) is 1. The zero-order chi connectivity index (χ0) is 20.1. The number of nitrogens with one attached hydrogen (secondary N) is 1. The molecule has 2 heterocycles. The fourth-order valence-corrected chi connectivity index (χ4v) is 2.61. The molecule has 2 aromatic heterocycles. The summed E-state index contributed by atoms with van der Waals surface area (Å²) in [5.41, 5.74) is 1.71. The second-order valence-corrected chi connectivity index (χ2v) is 5.85. The molecule has 2 aromatic rings. The molecule has 2 rings (SSSR count). The van der Waals surface area contributed by atoms with Gasteiger partial charge in [-0.15, -0.1) is 0 Å². The molecule has 144 valence electrons. The van der Waals surface area contributed by atoms with Crippen molar-refractivity contribution in [1.29, 1.82) is 0 Å².